The number of nitrogens with two attached hydrogens (primary N) is 1. The minimum Gasteiger partial charge on any atom is -0.496 e. The second-order valence-electron chi connectivity index (χ2n) is 3.05. The summed E-state index contributed by atoms with van der Waals surface area (Å²) in [6.45, 7) is 0.143. The topological polar surface area (TPSA) is 74.2 Å². The molecule has 16 heavy (non-hydrogen) atoms. The number of nitrogens with zero attached hydrogens (tertiary/aromatic N) is 2. The van der Waals surface area contributed by atoms with Crippen LogP contribution in [0.25, 0.3) is 11.5 Å². The summed E-state index contributed by atoms with van der Waals surface area (Å²) in [4.78, 5) is 0. The van der Waals surface area contributed by atoms with Crippen LogP contribution in [0.15, 0.2) is 22.6 Å². The second kappa shape index (κ2) is 4.28. The van der Waals surface area contributed by atoms with E-state index in [0.29, 0.717) is 17.2 Å². The van der Waals surface area contributed by atoms with Gasteiger partial charge in [-0.1, -0.05) is 0 Å². The molecule has 1 aromatic carbocycles. The number of rotatable bonds is 3. The van der Waals surface area contributed by atoms with Gasteiger partial charge in [0.25, 0.3) is 5.89 Å². The van der Waals surface area contributed by atoms with Gasteiger partial charge in [-0.2, -0.15) is 0 Å². The maximum atomic E-state index is 13.1. The zero-order valence-corrected chi connectivity index (χ0v) is 8.61. The van der Waals surface area contributed by atoms with Crippen LogP contribution >= 0.6 is 0 Å². The Morgan fingerprint density at radius 2 is 2.25 bits per heavy atom. The van der Waals surface area contributed by atoms with E-state index < -0.39 is 5.82 Å². The summed E-state index contributed by atoms with van der Waals surface area (Å²) in [7, 11) is 1.48. The van der Waals surface area contributed by atoms with E-state index in [4.69, 9.17) is 14.9 Å². The van der Waals surface area contributed by atoms with Crippen LogP contribution in [0.2, 0.25) is 0 Å². The van der Waals surface area contributed by atoms with Crippen molar-refractivity contribution in [2.75, 3.05) is 7.11 Å². The molecular weight excluding hydrogens is 213 g/mol. The molecule has 0 atom stereocenters. The third-order valence-corrected chi connectivity index (χ3v) is 2.03. The van der Waals surface area contributed by atoms with E-state index in [1.54, 1.807) is 0 Å². The minimum absolute atomic E-state index is 0.143. The van der Waals surface area contributed by atoms with Crippen molar-refractivity contribution in [3.8, 4) is 17.2 Å². The Kier molecular flexibility index (Phi) is 2.82. The quantitative estimate of drug-likeness (QED) is 0.849. The first-order valence-electron chi connectivity index (χ1n) is 4.61. The summed E-state index contributed by atoms with van der Waals surface area (Å²) in [6.07, 6.45) is 0. The standard InChI is InChI=1S/C10H10FN3O2/c1-15-8-3-2-6(11)4-7(8)10-14-13-9(5-12)16-10/h2-4H,5,12H2,1H3. The molecule has 2 aromatic rings. The summed E-state index contributed by atoms with van der Waals surface area (Å²) in [6, 6.07) is 4.06. The highest BCUT2D eigenvalue weighted by molar-refractivity contribution is 5.62. The molecule has 2 rings (SSSR count). The van der Waals surface area contributed by atoms with Gasteiger partial charge in [-0.15, -0.1) is 10.2 Å². The molecule has 0 aliphatic rings. The largest absolute Gasteiger partial charge is 0.496 e. The molecule has 0 bridgehead atoms. The molecule has 0 saturated carbocycles. The number of methoxy groups -OCH3 is 1. The molecule has 0 fully saturated rings. The number of halogens is 1. The van der Waals surface area contributed by atoms with Crippen LogP contribution < -0.4 is 10.5 Å². The van der Waals surface area contributed by atoms with Crippen LogP contribution in [0, 0.1) is 5.82 Å². The van der Waals surface area contributed by atoms with Crippen molar-refractivity contribution in [3.05, 3.63) is 29.9 Å². The molecule has 1 aromatic heterocycles. The first kappa shape index (κ1) is 10.6. The fraction of sp³-hybridized carbons (Fsp3) is 0.200. The smallest absolute Gasteiger partial charge is 0.251 e. The van der Waals surface area contributed by atoms with Gasteiger partial charge in [0.15, 0.2) is 0 Å². The lowest BCUT2D eigenvalue weighted by molar-refractivity contribution is 0.412. The average molecular weight is 223 g/mol. The van der Waals surface area contributed by atoms with E-state index in [1.807, 2.05) is 0 Å². The molecule has 0 amide bonds. The predicted molar refractivity (Wildman–Crippen MR) is 54.1 cm³/mol. The van der Waals surface area contributed by atoms with Crippen molar-refractivity contribution in [2.24, 2.45) is 5.73 Å². The summed E-state index contributed by atoms with van der Waals surface area (Å²) < 4.78 is 23.4. The van der Waals surface area contributed by atoms with Gasteiger partial charge in [0.05, 0.1) is 19.2 Å². The van der Waals surface area contributed by atoms with Crippen LogP contribution in [0.4, 0.5) is 4.39 Å². The SMILES string of the molecule is COc1ccc(F)cc1-c1nnc(CN)o1. The molecule has 1 heterocycles. The summed E-state index contributed by atoms with van der Waals surface area (Å²) in [5.74, 6) is 0.551. The fourth-order valence-electron chi connectivity index (χ4n) is 1.29. The van der Waals surface area contributed by atoms with Crippen LogP contribution in [0.3, 0.4) is 0 Å². The maximum Gasteiger partial charge on any atom is 0.251 e. The lowest BCUT2D eigenvalue weighted by Gasteiger charge is -2.04. The summed E-state index contributed by atoms with van der Waals surface area (Å²) in [5.41, 5.74) is 5.75. The number of hydrogen-bond acceptors (Lipinski definition) is 5. The molecule has 6 heteroatoms. The van der Waals surface area contributed by atoms with Crippen molar-refractivity contribution in [1.82, 2.24) is 10.2 Å². The first-order chi connectivity index (χ1) is 7.74. The normalized spacial score (nSPS) is 10.4. The molecule has 0 aliphatic heterocycles. The van der Waals surface area contributed by atoms with Gasteiger partial charge in [0.1, 0.15) is 11.6 Å². The third kappa shape index (κ3) is 1.87. The third-order valence-electron chi connectivity index (χ3n) is 2.03. The second-order valence-corrected chi connectivity index (χ2v) is 3.05. The zero-order chi connectivity index (χ0) is 11.5. The Balaban J connectivity index is 2.49. The Morgan fingerprint density at radius 1 is 1.44 bits per heavy atom. The number of hydrogen-bond donors (Lipinski definition) is 1. The summed E-state index contributed by atoms with van der Waals surface area (Å²) in [5, 5.41) is 7.46. The van der Waals surface area contributed by atoms with Gasteiger partial charge in [-0.3, -0.25) is 0 Å². The van der Waals surface area contributed by atoms with Crippen LogP contribution in [-0.4, -0.2) is 17.3 Å². The molecule has 5 nitrogen and oxygen atoms in total. The monoisotopic (exact) mass is 223 g/mol. The highest BCUT2D eigenvalue weighted by atomic mass is 19.1. The maximum absolute atomic E-state index is 13.1. The zero-order valence-electron chi connectivity index (χ0n) is 8.61. The van der Waals surface area contributed by atoms with E-state index in [0.717, 1.165) is 0 Å². The van der Waals surface area contributed by atoms with Gasteiger partial charge >= 0.3 is 0 Å². The minimum atomic E-state index is -0.400. The number of ether oxygens (including phenoxy) is 1. The van der Waals surface area contributed by atoms with Crippen molar-refractivity contribution in [2.45, 2.75) is 6.54 Å². The lowest BCUT2D eigenvalue weighted by atomic mass is 10.2. The fourth-order valence-corrected chi connectivity index (χ4v) is 1.29. The molecule has 0 aliphatic carbocycles. The van der Waals surface area contributed by atoms with Gasteiger partial charge in [-0.05, 0) is 18.2 Å². The van der Waals surface area contributed by atoms with Crippen LogP contribution in [-0.2, 0) is 6.54 Å². The van der Waals surface area contributed by atoms with Crippen LogP contribution in [0.5, 0.6) is 5.75 Å². The number of benzene rings is 1. The van der Waals surface area contributed by atoms with E-state index in [1.165, 1.54) is 25.3 Å². The van der Waals surface area contributed by atoms with Gasteiger partial charge in [-0.25, -0.2) is 4.39 Å². The lowest BCUT2D eigenvalue weighted by Crippen LogP contribution is -1.95. The van der Waals surface area contributed by atoms with E-state index >= 15 is 0 Å². The van der Waals surface area contributed by atoms with Crippen molar-refractivity contribution in [3.63, 3.8) is 0 Å². The molecule has 0 radical (unpaired) electrons. The van der Waals surface area contributed by atoms with Gasteiger partial charge < -0.3 is 14.9 Å². The van der Waals surface area contributed by atoms with E-state index in [2.05, 4.69) is 10.2 Å². The first-order valence-corrected chi connectivity index (χ1v) is 4.61. The Bertz CT molecular complexity index is 499. The van der Waals surface area contributed by atoms with Crippen molar-refractivity contribution < 1.29 is 13.5 Å². The number of aromatic nitrogens is 2. The molecule has 0 unspecified atom stereocenters. The van der Waals surface area contributed by atoms with E-state index in [9.17, 15) is 4.39 Å². The average Bonchev–Trinajstić information content (AvgIpc) is 2.77. The van der Waals surface area contributed by atoms with E-state index in [-0.39, 0.29) is 12.4 Å². The van der Waals surface area contributed by atoms with Crippen molar-refractivity contribution in [1.29, 1.82) is 0 Å². The van der Waals surface area contributed by atoms with Gasteiger partial charge in [0, 0.05) is 0 Å². The highest BCUT2D eigenvalue weighted by Gasteiger charge is 2.13. The molecule has 84 valence electrons. The van der Waals surface area contributed by atoms with Gasteiger partial charge in [0.2, 0.25) is 5.89 Å². The van der Waals surface area contributed by atoms with Crippen molar-refractivity contribution >= 4 is 0 Å². The van der Waals surface area contributed by atoms with Crippen LogP contribution in [0.1, 0.15) is 5.89 Å². The Labute approximate surface area is 91.0 Å². The Hall–Kier alpha value is -1.95. The highest BCUT2D eigenvalue weighted by Crippen LogP contribution is 2.29. The Morgan fingerprint density at radius 3 is 2.88 bits per heavy atom. The predicted octanol–water partition coefficient (Wildman–Crippen LogP) is 1.34. The molecule has 2 N–H and O–H groups in total. The summed E-state index contributed by atoms with van der Waals surface area (Å²) >= 11 is 0. The molecular formula is C10H10FN3O2. The molecule has 0 saturated heterocycles. The molecule has 0 spiro atoms.